The van der Waals surface area contributed by atoms with Gasteiger partial charge in [-0.1, -0.05) is 17.3 Å². The standard InChI is InChI=1S/C12H15BrN4O/c1-14-6-9-4-3-5-11(13)12(9)18-8-10-7-17(2)16-15-10/h3-5,7,14H,6,8H2,1-2H3. The molecule has 2 rings (SSSR count). The number of rotatable bonds is 5. The largest absolute Gasteiger partial charge is 0.486 e. The maximum Gasteiger partial charge on any atom is 0.138 e. The molecule has 6 heteroatoms. The fourth-order valence-corrected chi connectivity index (χ4v) is 2.17. The van der Waals surface area contributed by atoms with Crippen molar-refractivity contribution in [1.29, 1.82) is 0 Å². The van der Waals surface area contributed by atoms with Gasteiger partial charge in [-0.25, -0.2) is 0 Å². The Kier molecular flexibility index (Phi) is 4.33. The highest BCUT2D eigenvalue weighted by molar-refractivity contribution is 9.10. The van der Waals surface area contributed by atoms with Crippen LogP contribution in [-0.4, -0.2) is 22.0 Å². The van der Waals surface area contributed by atoms with Crippen LogP contribution in [0.15, 0.2) is 28.9 Å². The molecular weight excluding hydrogens is 296 g/mol. The molecule has 0 aliphatic heterocycles. The average Bonchev–Trinajstić information content (AvgIpc) is 2.75. The predicted molar refractivity (Wildman–Crippen MR) is 72.2 cm³/mol. The normalized spacial score (nSPS) is 10.6. The molecule has 5 nitrogen and oxygen atoms in total. The van der Waals surface area contributed by atoms with Crippen LogP contribution in [0.1, 0.15) is 11.3 Å². The van der Waals surface area contributed by atoms with Gasteiger partial charge in [-0.3, -0.25) is 4.68 Å². The Morgan fingerprint density at radius 1 is 1.44 bits per heavy atom. The molecule has 0 aliphatic carbocycles. The van der Waals surface area contributed by atoms with Crippen LogP contribution in [0.4, 0.5) is 0 Å². The second-order valence-corrected chi connectivity index (χ2v) is 4.78. The van der Waals surface area contributed by atoms with E-state index in [2.05, 4.69) is 31.6 Å². The van der Waals surface area contributed by atoms with Crippen molar-refractivity contribution in [2.24, 2.45) is 7.05 Å². The van der Waals surface area contributed by atoms with E-state index in [0.29, 0.717) is 6.61 Å². The Bertz CT molecular complexity index is 527. The van der Waals surface area contributed by atoms with Crippen molar-refractivity contribution < 1.29 is 4.74 Å². The molecule has 2 aromatic rings. The summed E-state index contributed by atoms with van der Waals surface area (Å²) in [6.07, 6.45) is 1.84. The summed E-state index contributed by atoms with van der Waals surface area (Å²) in [6.45, 7) is 1.17. The lowest BCUT2D eigenvalue weighted by atomic mass is 10.2. The van der Waals surface area contributed by atoms with Gasteiger partial charge in [0.1, 0.15) is 18.1 Å². The smallest absolute Gasteiger partial charge is 0.138 e. The van der Waals surface area contributed by atoms with Crippen molar-refractivity contribution >= 4 is 15.9 Å². The van der Waals surface area contributed by atoms with Crippen LogP contribution in [0.2, 0.25) is 0 Å². The molecule has 0 aliphatic rings. The van der Waals surface area contributed by atoms with E-state index in [1.165, 1.54) is 0 Å². The topological polar surface area (TPSA) is 52.0 Å². The zero-order valence-corrected chi connectivity index (χ0v) is 11.9. The SMILES string of the molecule is CNCc1cccc(Br)c1OCc1cn(C)nn1. The zero-order chi connectivity index (χ0) is 13.0. The van der Waals surface area contributed by atoms with Crippen LogP contribution in [-0.2, 0) is 20.2 Å². The van der Waals surface area contributed by atoms with Crippen molar-refractivity contribution in [2.75, 3.05) is 7.05 Å². The predicted octanol–water partition coefficient (Wildman–Crippen LogP) is 1.88. The fourth-order valence-electron chi connectivity index (χ4n) is 1.65. The minimum Gasteiger partial charge on any atom is -0.486 e. The highest BCUT2D eigenvalue weighted by atomic mass is 79.9. The first-order valence-electron chi connectivity index (χ1n) is 5.60. The minimum atomic E-state index is 0.410. The van der Waals surface area contributed by atoms with Crippen molar-refractivity contribution in [3.63, 3.8) is 0 Å². The fraction of sp³-hybridized carbons (Fsp3) is 0.333. The molecular formula is C12H15BrN4O. The lowest BCUT2D eigenvalue weighted by Gasteiger charge is -2.12. The number of aromatic nitrogens is 3. The van der Waals surface area contributed by atoms with Gasteiger partial charge in [0, 0.05) is 19.2 Å². The van der Waals surface area contributed by atoms with Crippen LogP contribution in [0.3, 0.4) is 0 Å². The average molecular weight is 311 g/mol. The Balaban J connectivity index is 2.12. The van der Waals surface area contributed by atoms with Gasteiger partial charge in [0.05, 0.1) is 10.7 Å². The number of benzene rings is 1. The third-order valence-electron chi connectivity index (χ3n) is 2.43. The summed E-state index contributed by atoms with van der Waals surface area (Å²) < 4.78 is 8.42. The molecule has 0 saturated heterocycles. The van der Waals surface area contributed by atoms with Crippen molar-refractivity contribution in [3.05, 3.63) is 40.1 Å². The Morgan fingerprint density at radius 3 is 2.94 bits per heavy atom. The number of nitrogens with one attached hydrogen (secondary N) is 1. The van der Waals surface area contributed by atoms with E-state index in [1.54, 1.807) is 4.68 Å². The summed E-state index contributed by atoms with van der Waals surface area (Å²) in [5, 5.41) is 11.0. The Morgan fingerprint density at radius 2 is 2.28 bits per heavy atom. The molecule has 1 heterocycles. The van der Waals surface area contributed by atoms with Crippen molar-refractivity contribution in [3.8, 4) is 5.75 Å². The number of hydrogen-bond acceptors (Lipinski definition) is 4. The van der Waals surface area contributed by atoms with E-state index in [9.17, 15) is 0 Å². The third kappa shape index (κ3) is 3.08. The van der Waals surface area contributed by atoms with E-state index in [0.717, 1.165) is 28.0 Å². The summed E-state index contributed by atoms with van der Waals surface area (Å²) in [7, 11) is 3.74. The molecule has 0 saturated carbocycles. The molecule has 1 N–H and O–H groups in total. The lowest BCUT2D eigenvalue weighted by molar-refractivity contribution is 0.295. The van der Waals surface area contributed by atoms with Gasteiger partial charge < -0.3 is 10.1 Å². The van der Waals surface area contributed by atoms with Gasteiger partial charge >= 0.3 is 0 Å². The second-order valence-electron chi connectivity index (χ2n) is 3.93. The van der Waals surface area contributed by atoms with Crippen molar-refractivity contribution in [2.45, 2.75) is 13.2 Å². The molecule has 1 aromatic heterocycles. The number of halogens is 1. The van der Waals surface area contributed by atoms with Crippen LogP contribution in [0.25, 0.3) is 0 Å². The minimum absolute atomic E-state index is 0.410. The van der Waals surface area contributed by atoms with Gasteiger partial charge in [0.25, 0.3) is 0 Å². The van der Waals surface area contributed by atoms with Crippen LogP contribution in [0, 0.1) is 0 Å². The van der Waals surface area contributed by atoms with Gasteiger partial charge in [0.2, 0.25) is 0 Å². The lowest BCUT2D eigenvalue weighted by Crippen LogP contribution is -2.08. The molecule has 0 atom stereocenters. The first-order chi connectivity index (χ1) is 8.70. The number of ether oxygens (including phenoxy) is 1. The molecule has 0 unspecified atom stereocenters. The van der Waals surface area contributed by atoms with Gasteiger partial charge in [-0.05, 0) is 29.0 Å². The van der Waals surface area contributed by atoms with Crippen LogP contribution in [0.5, 0.6) is 5.75 Å². The van der Waals surface area contributed by atoms with E-state index in [-0.39, 0.29) is 0 Å². The molecule has 0 spiro atoms. The first-order valence-corrected chi connectivity index (χ1v) is 6.40. The van der Waals surface area contributed by atoms with E-state index in [4.69, 9.17) is 4.74 Å². The van der Waals surface area contributed by atoms with Crippen molar-refractivity contribution in [1.82, 2.24) is 20.3 Å². The third-order valence-corrected chi connectivity index (χ3v) is 3.05. The Labute approximate surface area is 114 Å². The molecule has 0 radical (unpaired) electrons. The first kappa shape index (κ1) is 13.0. The van der Waals surface area contributed by atoms with Gasteiger partial charge in [0.15, 0.2) is 0 Å². The highest BCUT2D eigenvalue weighted by Crippen LogP contribution is 2.29. The zero-order valence-electron chi connectivity index (χ0n) is 10.4. The number of aryl methyl sites for hydroxylation is 1. The molecule has 1 aromatic carbocycles. The van der Waals surface area contributed by atoms with E-state index >= 15 is 0 Å². The molecule has 0 amide bonds. The number of para-hydroxylation sites is 1. The molecule has 96 valence electrons. The summed E-state index contributed by atoms with van der Waals surface area (Å²) in [5.41, 5.74) is 1.92. The summed E-state index contributed by atoms with van der Waals surface area (Å²) in [6, 6.07) is 5.99. The van der Waals surface area contributed by atoms with E-state index < -0.39 is 0 Å². The number of hydrogen-bond donors (Lipinski definition) is 1. The van der Waals surface area contributed by atoms with Gasteiger partial charge in [-0.2, -0.15) is 0 Å². The molecule has 0 bridgehead atoms. The van der Waals surface area contributed by atoms with Crippen LogP contribution < -0.4 is 10.1 Å². The van der Waals surface area contributed by atoms with Gasteiger partial charge in [-0.15, -0.1) is 5.10 Å². The summed E-state index contributed by atoms with van der Waals surface area (Å²) >= 11 is 3.50. The summed E-state index contributed by atoms with van der Waals surface area (Å²) in [5.74, 6) is 0.845. The highest BCUT2D eigenvalue weighted by Gasteiger charge is 2.08. The van der Waals surface area contributed by atoms with E-state index in [1.807, 2.05) is 38.5 Å². The monoisotopic (exact) mass is 310 g/mol. The second kappa shape index (κ2) is 5.97. The maximum atomic E-state index is 5.82. The van der Waals surface area contributed by atoms with Crippen LogP contribution >= 0.6 is 15.9 Å². The number of nitrogens with zero attached hydrogens (tertiary/aromatic N) is 3. The molecule has 18 heavy (non-hydrogen) atoms. The Hall–Kier alpha value is -1.40. The maximum absolute atomic E-state index is 5.82. The molecule has 0 fully saturated rings. The quantitative estimate of drug-likeness (QED) is 0.916. The summed E-state index contributed by atoms with van der Waals surface area (Å²) in [4.78, 5) is 0.